The fourth-order valence-corrected chi connectivity index (χ4v) is 3.30. The van der Waals surface area contributed by atoms with Crippen molar-refractivity contribution in [3.05, 3.63) is 57.5 Å². The quantitative estimate of drug-likeness (QED) is 0.756. The minimum absolute atomic E-state index is 0.176. The number of fused-ring (bicyclic) bond motifs is 1. The number of aromatic amines is 1. The van der Waals surface area contributed by atoms with E-state index in [4.69, 9.17) is 4.52 Å². The molecule has 0 saturated carbocycles. The highest BCUT2D eigenvalue weighted by Crippen LogP contribution is 2.23. The normalized spacial score (nSPS) is 13.8. The van der Waals surface area contributed by atoms with Crippen molar-refractivity contribution < 1.29 is 4.52 Å². The second-order valence-corrected chi connectivity index (χ2v) is 7.16. The van der Waals surface area contributed by atoms with Crippen LogP contribution in [0.4, 0.5) is 0 Å². The number of rotatable bonds is 4. The van der Waals surface area contributed by atoms with Crippen LogP contribution in [0.2, 0.25) is 0 Å². The van der Waals surface area contributed by atoms with Crippen LogP contribution in [0.5, 0.6) is 0 Å². The molecule has 4 rings (SSSR count). The summed E-state index contributed by atoms with van der Waals surface area (Å²) in [5.41, 5.74) is 4.47. The Morgan fingerprint density at radius 3 is 2.81 bits per heavy atom. The zero-order valence-electron chi connectivity index (χ0n) is 15.0. The molecule has 6 nitrogen and oxygen atoms in total. The average molecular weight is 350 g/mol. The van der Waals surface area contributed by atoms with Crippen LogP contribution in [-0.4, -0.2) is 21.7 Å². The van der Waals surface area contributed by atoms with Gasteiger partial charge in [0.1, 0.15) is 0 Å². The van der Waals surface area contributed by atoms with Crippen LogP contribution in [0.15, 0.2) is 39.6 Å². The van der Waals surface area contributed by atoms with E-state index in [0.717, 1.165) is 42.8 Å². The molecule has 0 amide bonds. The Morgan fingerprint density at radius 1 is 1.23 bits per heavy atom. The molecule has 0 aliphatic carbocycles. The highest BCUT2D eigenvalue weighted by atomic mass is 16.5. The summed E-state index contributed by atoms with van der Waals surface area (Å²) in [4.78, 5) is 19.8. The maximum atomic E-state index is 12.4. The Kier molecular flexibility index (Phi) is 4.42. The second kappa shape index (κ2) is 6.88. The third kappa shape index (κ3) is 3.32. The predicted octanol–water partition coefficient (Wildman–Crippen LogP) is 2.94. The van der Waals surface area contributed by atoms with Crippen molar-refractivity contribution in [1.82, 2.24) is 20.4 Å². The lowest BCUT2D eigenvalue weighted by Gasteiger charge is -2.16. The molecule has 0 spiro atoms. The van der Waals surface area contributed by atoms with Crippen LogP contribution >= 0.6 is 0 Å². The molecule has 0 saturated heterocycles. The number of aromatic nitrogens is 3. The van der Waals surface area contributed by atoms with Gasteiger partial charge in [-0.3, -0.25) is 4.79 Å². The molecule has 3 aromatic rings. The van der Waals surface area contributed by atoms with Gasteiger partial charge in [-0.05, 0) is 41.7 Å². The van der Waals surface area contributed by atoms with Gasteiger partial charge in [-0.1, -0.05) is 31.1 Å². The van der Waals surface area contributed by atoms with Crippen LogP contribution in [0, 0.1) is 5.92 Å². The number of nitrogens with one attached hydrogen (secondary N) is 2. The van der Waals surface area contributed by atoms with E-state index in [9.17, 15) is 4.79 Å². The average Bonchev–Trinajstić information content (AvgIpc) is 3.11. The van der Waals surface area contributed by atoms with Gasteiger partial charge in [0.05, 0.1) is 5.56 Å². The topological polar surface area (TPSA) is 83.8 Å². The van der Waals surface area contributed by atoms with E-state index in [1.807, 2.05) is 18.2 Å². The molecule has 134 valence electrons. The molecular formula is C20H22N4O2. The van der Waals surface area contributed by atoms with Crippen LogP contribution < -0.4 is 10.9 Å². The molecule has 0 bridgehead atoms. The molecule has 2 aromatic heterocycles. The molecule has 0 unspecified atom stereocenters. The molecule has 0 radical (unpaired) electrons. The maximum absolute atomic E-state index is 12.4. The molecule has 1 aromatic carbocycles. The zero-order valence-corrected chi connectivity index (χ0v) is 15.0. The SMILES string of the molecule is CC(C)Cc1ccc(-c2nc(-c3cc4c([nH]c3=O)CCNC4)no2)cc1. The minimum Gasteiger partial charge on any atom is -0.334 e. The lowest BCUT2D eigenvalue weighted by atomic mass is 10.0. The van der Waals surface area contributed by atoms with Gasteiger partial charge in [-0.15, -0.1) is 0 Å². The molecular weight excluding hydrogens is 328 g/mol. The first-order valence-corrected chi connectivity index (χ1v) is 8.99. The van der Waals surface area contributed by atoms with Crippen molar-refractivity contribution in [2.45, 2.75) is 33.2 Å². The van der Waals surface area contributed by atoms with Crippen LogP contribution in [0.3, 0.4) is 0 Å². The summed E-state index contributed by atoms with van der Waals surface area (Å²) in [5.74, 6) is 1.35. The van der Waals surface area contributed by atoms with Gasteiger partial charge in [0.2, 0.25) is 5.82 Å². The van der Waals surface area contributed by atoms with Gasteiger partial charge in [-0.2, -0.15) is 4.98 Å². The molecule has 6 heteroatoms. The second-order valence-electron chi connectivity index (χ2n) is 7.16. The Bertz CT molecular complexity index is 970. The van der Waals surface area contributed by atoms with Gasteiger partial charge in [0.25, 0.3) is 11.4 Å². The highest BCUT2D eigenvalue weighted by molar-refractivity contribution is 5.60. The first kappa shape index (κ1) is 16.7. The van der Waals surface area contributed by atoms with Crippen molar-refractivity contribution >= 4 is 0 Å². The lowest BCUT2D eigenvalue weighted by Crippen LogP contribution is -2.27. The number of nitrogens with zero attached hydrogens (tertiary/aromatic N) is 2. The number of benzene rings is 1. The highest BCUT2D eigenvalue weighted by Gasteiger charge is 2.17. The number of hydrogen-bond acceptors (Lipinski definition) is 5. The zero-order chi connectivity index (χ0) is 18.1. The summed E-state index contributed by atoms with van der Waals surface area (Å²) in [5, 5.41) is 7.32. The van der Waals surface area contributed by atoms with E-state index in [1.165, 1.54) is 5.56 Å². The summed E-state index contributed by atoms with van der Waals surface area (Å²) < 4.78 is 5.40. The largest absolute Gasteiger partial charge is 0.334 e. The molecule has 26 heavy (non-hydrogen) atoms. The van der Waals surface area contributed by atoms with E-state index in [1.54, 1.807) is 0 Å². The van der Waals surface area contributed by atoms with Crippen LogP contribution in [-0.2, 0) is 19.4 Å². The van der Waals surface area contributed by atoms with Crippen molar-refractivity contribution in [3.8, 4) is 22.8 Å². The Hall–Kier alpha value is -2.73. The molecule has 1 aliphatic heterocycles. The smallest absolute Gasteiger partial charge is 0.259 e. The molecule has 0 fully saturated rings. The van der Waals surface area contributed by atoms with Crippen molar-refractivity contribution in [2.75, 3.05) is 6.54 Å². The van der Waals surface area contributed by atoms with E-state index < -0.39 is 0 Å². The Morgan fingerprint density at radius 2 is 2.04 bits per heavy atom. The standard InChI is InChI=1S/C20H22N4O2/c1-12(2)9-13-3-5-14(6-4-13)20-23-18(24-26-20)16-10-15-11-21-8-7-17(15)22-19(16)25/h3-6,10,12,21H,7-9,11H2,1-2H3,(H,22,25). The predicted molar refractivity (Wildman–Crippen MR) is 99.7 cm³/mol. The third-order valence-electron chi connectivity index (χ3n) is 4.59. The third-order valence-corrected chi connectivity index (χ3v) is 4.59. The Labute approximate surface area is 151 Å². The number of H-pyrrole nitrogens is 1. The van der Waals surface area contributed by atoms with Gasteiger partial charge < -0.3 is 14.8 Å². The monoisotopic (exact) mass is 350 g/mol. The van der Waals surface area contributed by atoms with Gasteiger partial charge in [-0.25, -0.2) is 0 Å². The van der Waals surface area contributed by atoms with E-state index in [2.05, 4.69) is 46.4 Å². The molecule has 1 aliphatic rings. The van der Waals surface area contributed by atoms with Crippen molar-refractivity contribution in [1.29, 1.82) is 0 Å². The van der Waals surface area contributed by atoms with Crippen LogP contribution in [0.1, 0.15) is 30.7 Å². The molecule has 2 N–H and O–H groups in total. The van der Waals surface area contributed by atoms with E-state index in [-0.39, 0.29) is 5.56 Å². The fourth-order valence-electron chi connectivity index (χ4n) is 3.30. The Balaban J connectivity index is 1.63. The van der Waals surface area contributed by atoms with E-state index >= 15 is 0 Å². The summed E-state index contributed by atoms with van der Waals surface area (Å²) in [6.07, 6.45) is 1.86. The summed E-state index contributed by atoms with van der Waals surface area (Å²) in [6.45, 7) is 6.01. The minimum atomic E-state index is -0.176. The molecule has 3 heterocycles. The van der Waals surface area contributed by atoms with E-state index in [0.29, 0.717) is 23.2 Å². The first-order chi connectivity index (χ1) is 12.6. The van der Waals surface area contributed by atoms with Gasteiger partial charge >= 0.3 is 0 Å². The summed E-state index contributed by atoms with van der Waals surface area (Å²) in [6, 6.07) is 9.99. The fraction of sp³-hybridized carbons (Fsp3) is 0.350. The summed E-state index contributed by atoms with van der Waals surface area (Å²) in [7, 11) is 0. The number of hydrogen-bond donors (Lipinski definition) is 2. The number of pyridine rings is 1. The first-order valence-electron chi connectivity index (χ1n) is 8.99. The summed E-state index contributed by atoms with van der Waals surface area (Å²) >= 11 is 0. The van der Waals surface area contributed by atoms with Crippen molar-refractivity contribution in [2.24, 2.45) is 5.92 Å². The van der Waals surface area contributed by atoms with Crippen molar-refractivity contribution in [3.63, 3.8) is 0 Å². The van der Waals surface area contributed by atoms with Gasteiger partial charge in [0.15, 0.2) is 0 Å². The van der Waals surface area contributed by atoms with Crippen LogP contribution in [0.25, 0.3) is 22.8 Å². The molecule has 0 atom stereocenters. The maximum Gasteiger partial charge on any atom is 0.259 e. The van der Waals surface area contributed by atoms with Gasteiger partial charge in [0, 0.05) is 30.8 Å². The lowest BCUT2D eigenvalue weighted by molar-refractivity contribution is 0.432.